The fourth-order valence-corrected chi connectivity index (χ4v) is 2.86. The second-order valence-electron chi connectivity index (χ2n) is 6.80. The largest absolute Gasteiger partial charge is 0.480 e. The number of hydrogen-bond acceptors (Lipinski definition) is 3. The second kappa shape index (κ2) is 9.47. The number of carboxylic acids is 1. The lowest BCUT2D eigenvalue weighted by atomic mass is 10.0. The molecule has 2 amide bonds. The molecule has 6 nitrogen and oxygen atoms in total. The molecule has 1 unspecified atom stereocenters. The molecule has 154 valence electrons. The molecule has 29 heavy (non-hydrogen) atoms. The third kappa shape index (κ3) is 6.25. The van der Waals surface area contributed by atoms with Crippen molar-refractivity contribution in [3.63, 3.8) is 0 Å². The van der Waals surface area contributed by atoms with Crippen LogP contribution in [0.25, 0.3) is 0 Å². The van der Waals surface area contributed by atoms with Gasteiger partial charge in [-0.2, -0.15) is 0 Å². The van der Waals surface area contributed by atoms with E-state index in [0.29, 0.717) is 6.07 Å². The van der Waals surface area contributed by atoms with Crippen LogP contribution in [-0.2, 0) is 4.79 Å². The zero-order chi connectivity index (χ0) is 21.7. The highest BCUT2D eigenvalue weighted by atomic mass is 35.5. The smallest absolute Gasteiger partial charge is 0.326 e. The lowest BCUT2D eigenvalue weighted by Crippen LogP contribution is -2.41. The fourth-order valence-electron chi connectivity index (χ4n) is 2.59. The normalized spacial score (nSPS) is 11.8. The van der Waals surface area contributed by atoms with Crippen molar-refractivity contribution in [1.82, 2.24) is 5.32 Å². The molecule has 0 aromatic heterocycles. The summed E-state index contributed by atoms with van der Waals surface area (Å²) in [6.07, 6.45) is 0.247. The van der Waals surface area contributed by atoms with Crippen molar-refractivity contribution in [2.24, 2.45) is 5.92 Å². The Morgan fingerprint density at radius 3 is 2.17 bits per heavy atom. The monoisotopic (exact) mass is 424 g/mol. The highest BCUT2D eigenvalue weighted by Gasteiger charge is 2.23. The average molecular weight is 425 g/mol. The number of halogens is 3. The summed E-state index contributed by atoms with van der Waals surface area (Å²) in [5.74, 6) is -4.33. The van der Waals surface area contributed by atoms with Gasteiger partial charge in [-0.1, -0.05) is 25.4 Å². The summed E-state index contributed by atoms with van der Waals surface area (Å²) < 4.78 is 26.5. The number of nitrogens with one attached hydrogen (secondary N) is 2. The predicted octanol–water partition coefficient (Wildman–Crippen LogP) is 4.10. The molecule has 3 N–H and O–H groups in total. The van der Waals surface area contributed by atoms with E-state index in [1.807, 2.05) is 13.8 Å². The molecule has 0 spiro atoms. The van der Waals surface area contributed by atoms with Crippen LogP contribution in [0.15, 0.2) is 36.4 Å². The Hall–Kier alpha value is -3.00. The van der Waals surface area contributed by atoms with Crippen LogP contribution in [-0.4, -0.2) is 28.9 Å². The molecule has 2 aromatic rings. The quantitative estimate of drug-likeness (QED) is 0.623. The first-order valence-corrected chi connectivity index (χ1v) is 9.05. The highest BCUT2D eigenvalue weighted by Crippen LogP contribution is 2.22. The number of aliphatic carboxylic acids is 1. The van der Waals surface area contributed by atoms with Crippen LogP contribution >= 0.6 is 11.6 Å². The third-order valence-electron chi connectivity index (χ3n) is 3.91. The average Bonchev–Trinajstić information content (AvgIpc) is 2.59. The van der Waals surface area contributed by atoms with Crippen molar-refractivity contribution in [3.8, 4) is 0 Å². The van der Waals surface area contributed by atoms with Gasteiger partial charge in [0.1, 0.15) is 17.7 Å². The van der Waals surface area contributed by atoms with Crippen LogP contribution in [0.4, 0.5) is 14.5 Å². The van der Waals surface area contributed by atoms with Crippen LogP contribution in [0.5, 0.6) is 0 Å². The maximum absolute atomic E-state index is 13.2. The van der Waals surface area contributed by atoms with Gasteiger partial charge in [0.05, 0.1) is 10.6 Å². The maximum atomic E-state index is 13.2. The molecule has 1 atom stereocenters. The Kier molecular flexibility index (Phi) is 7.28. The Balaban J connectivity index is 2.14. The van der Waals surface area contributed by atoms with E-state index in [1.54, 1.807) is 0 Å². The molecule has 0 bridgehead atoms. The summed E-state index contributed by atoms with van der Waals surface area (Å²) in [7, 11) is 0. The first-order chi connectivity index (χ1) is 13.6. The zero-order valence-electron chi connectivity index (χ0n) is 15.6. The van der Waals surface area contributed by atoms with E-state index in [4.69, 9.17) is 11.6 Å². The lowest BCUT2D eigenvalue weighted by Gasteiger charge is -2.17. The number of carboxylic acid groups (broad SMARTS) is 1. The molecule has 2 rings (SSSR count). The summed E-state index contributed by atoms with van der Waals surface area (Å²) in [4.78, 5) is 35.8. The molecule has 0 heterocycles. The Bertz CT molecular complexity index is 930. The maximum Gasteiger partial charge on any atom is 0.326 e. The predicted molar refractivity (Wildman–Crippen MR) is 104 cm³/mol. The summed E-state index contributed by atoms with van der Waals surface area (Å²) in [5.41, 5.74) is -0.00640. The molecule has 0 saturated carbocycles. The first kappa shape index (κ1) is 22.3. The van der Waals surface area contributed by atoms with Crippen LogP contribution in [0.3, 0.4) is 0 Å². The summed E-state index contributed by atoms with van der Waals surface area (Å²) >= 11 is 6.09. The highest BCUT2D eigenvalue weighted by molar-refractivity contribution is 6.34. The van der Waals surface area contributed by atoms with Gasteiger partial charge in [-0.15, -0.1) is 0 Å². The molecule has 9 heteroatoms. The van der Waals surface area contributed by atoms with Crippen LogP contribution in [0.2, 0.25) is 5.02 Å². The van der Waals surface area contributed by atoms with E-state index < -0.39 is 35.5 Å². The minimum Gasteiger partial charge on any atom is -0.480 e. The van der Waals surface area contributed by atoms with Gasteiger partial charge >= 0.3 is 5.97 Å². The summed E-state index contributed by atoms with van der Waals surface area (Å²) in [6, 6.07) is 5.29. The van der Waals surface area contributed by atoms with Crippen molar-refractivity contribution in [3.05, 3.63) is 64.2 Å². The van der Waals surface area contributed by atoms with Gasteiger partial charge in [-0.3, -0.25) is 9.59 Å². The van der Waals surface area contributed by atoms with Crippen molar-refractivity contribution in [2.75, 3.05) is 5.32 Å². The van der Waals surface area contributed by atoms with Crippen LogP contribution < -0.4 is 10.6 Å². The molecule has 2 aromatic carbocycles. The van der Waals surface area contributed by atoms with Crippen molar-refractivity contribution < 1.29 is 28.3 Å². The molecular formula is C20H19ClF2N2O4. The molecule has 0 radical (unpaired) electrons. The van der Waals surface area contributed by atoms with Crippen LogP contribution in [0.1, 0.15) is 41.0 Å². The Morgan fingerprint density at radius 1 is 1.03 bits per heavy atom. The first-order valence-electron chi connectivity index (χ1n) is 8.67. The van der Waals surface area contributed by atoms with E-state index in [9.17, 15) is 28.3 Å². The summed E-state index contributed by atoms with van der Waals surface area (Å²) in [6.45, 7) is 3.66. The van der Waals surface area contributed by atoms with Crippen molar-refractivity contribution in [2.45, 2.75) is 26.3 Å². The van der Waals surface area contributed by atoms with Gasteiger partial charge in [0.2, 0.25) is 0 Å². The number of benzene rings is 2. The minimum absolute atomic E-state index is 0.0245. The molecule has 0 saturated heterocycles. The number of rotatable bonds is 7. The summed E-state index contributed by atoms with van der Waals surface area (Å²) in [5, 5.41) is 14.0. The van der Waals surface area contributed by atoms with Crippen molar-refractivity contribution in [1.29, 1.82) is 0 Å². The van der Waals surface area contributed by atoms with Gasteiger partial charge in [-0.05, 0) is 42.7 Å². The van der Waals surface area contributed by atoms with E-state index in [1.165, 1.54) is 18.2 Å². The van der Waals surface area contributed by atoms with Crippen LogP contribution in [0, 0.1) is 17.6 Å². The molecule has 0 aliphatic heterocycles. The number of anilines is 1. The molecule has 0 aliphatic carbocycles. The van der Waals surface area contributed by atoms with E-state index in [0.717, 1.165) is 12.1 Å². The number of hydrogen-bond donors (Lipinski definition) is 3. The van der Waals surface area contributed by atoms with Gasteiger partial charge < -0.3 is 15.7 Å². The third-order valence-corrected chi connectivity index (χ3v) is 4.22. The SMILES string of the molecule is CC(C)CC(NC(=O)c1ccc(NC(=O)c2cc(F)cc(F)c2)cc1Cl)C(=O)O. The van der Waals surface area contributed by atoms with E-state index in [2.05, 4.69) is 10.6 Å². The molecule has 0 aliphatic rings. The topological polar surface area (TPSA) is 95.5 Å². The van der Waals surface area contributed by atoms with Crippen molar-refractivity contribution >= 4 is 35.1 Å². The zero-order valence-corrected chi connectivity index (χ0v) is 16.4. The number of amides is 2. The van der Waals surface area contributed by atoms with E-state index >= 15 is 0 Å². The van der Waals surface area contributed by atoms with Gasteiger partial charge in [0, 0.05) is 17.3 Å². The Labute approximate surface area is 170 Å². The fraction of sp³-hybridized carbons (Fsp3) is 0.250. The number of carbonyl (C=O) groups is 3. The standard InChI is InChI=1S/C20H19ClF2N2O4/c1-10(2)5-17(20(28)29)25-19(27)15-4-3-14(9-16(15)21)24-18(26)11-6-12(22)8-13(23)7-11/h3-4,6-10,17H,5H2,1-2H3,(H,24,26)(H,25,27)(H,28,29). The minimum atomic E-state index is -1.16. The molecular weight excluding hydrogens is 406 g/mol. The van der Waals surface area contributed by atoms with E-state index in [-0.39, 0.29) is 34.2 Å². The van der Waals surface area contributed by atoms with Gasteiger partial charge in [-0.25, -0.2) is 13.6 Å². The number of carbonyl (C=O) groups excluding carboxylic acids is 2. The second-order valence-corrected chi connectivity index (χ2v) is 7.21. The molecule has 0 fully saturated rings. The Morgan fingerprint density at radius 2 is 1.66 bits per heavy atom. The lowest BCUT2D eigenvalue weighted by molar-refractivity contribution is -0.139. The van der Waals surface area contributed by atoms with Gasteiger partial charge in [0.25, 0.3) is 11.8 Å². The van der Waals surface area contributed by atoms with Gasteiger partial charge in [0.15, 0.2) is 0 Å².